The van der Waals surface area contributed by atoms with E-state index in [2.05, 4.69) is 19.1 Å². The van der Waals surface area contributed by atoms with Crippen LogP contribution >= 0.6 is 0 Å². The molecule has 0 aromatic heterocycles. The molecular weight excluding hydrogens is 224 g/mol. The van der Waals surface area contributed by atoms with Crippen LogP contribution in [-0.2, 0) is 6.42 Å². The molecule has 0 unspecified atom stereocenters. The van der Waals surface area contributed by atoms with E-state index < -0.39 is 0 Å². The maximum Gasteiger partial charge on any atom is 0.122 e. The zero-order valence-electron chi connectivity index (χ0n) is 11.8. The molecule has 1 fully saturated rings. The summed E-state index contributed by atoms with van der Waals surface area (Å²) in [7, 11) is 3.54. The molecule has 1 aliphatic carbocycles. The van der Waals surface area contributed by atoms with Gasteiger partial charge in [-0.05, 0) is 42.9 Å². The Bertz CT molecular complexity index is 392. The average Bonchev–Trinajstić information content (AvgIpc) is 2.92. The molecule has 2 rings (SSSR count). The minimum absolute atomic E-state index is 0.657. The molecule has 0 heterocycles. The first-order chi connectivity index (χ1) is 8.80. The van der Waals surface area contributed by atoms with Crippen LogP contribution in [0.15, 0.2) is 12.1 Å². The number of rotatable bonds is 5. The van der Waals surface area contributed by atoms with Crippen LogP contribution in [0.25, 0.3) is 0 Å². The summed E-state index contributed by atoms with van der Waals surface area (Å²) < 4.78 is 11.1. The summed E-state index contributed by atoms with van der Waals surface area (Å²) >= 11 is 0. The predicted molar refractivity (Wildman–Crippen MR) is 74.8 cm³/mol. The molecule has 2 nitrogen and oxygen atoms in total. The fraction of sp³-hybridized carbons (Fsp3) is 0.625. The lowest BCUT2D eigenvalue weighted by Gasteiger charge is -2.18. The number of hydrogen-bond acceptors (Lipinski definition) is 2. The minimum Gasteiger partial charge on any atom is -0.496 e. The SMILES string of the molecule is CCCc1cc(OC)c(C2CCCC2)cc1OC. The Kier molecular flexibility index (Phi) is 4.51. The Morgan fingerprint density at radius 1 is 1.06 bits per heavy atom. The highest BCUT2D eigenvalue weighted by molar-refractivity contribution is 5.48. The molecule has 0 atom stereocenters. The van der Waals surface area contributed by atoms with Gasteiger partial charge in [0.2, 0.25) is 0 Å². The van der Waals surface area contributed by atoms with Crippen LogP contribution in [0.1, 0.15) is 56.1 Å². The van der Waals surface area contributed by atoms with Gasteiger partial charge in [-0.3, -0.25) is 0 Å². The van der Waals surface area contributed by atoms with E-state index in [1.54, 1.807) is 14.2 Å². The molecule has 1 saturated carbocycles. The third-order valence-electron chi connectivity index (χ3n) is 3.95. The van der Waals surface area contributed by atoms with Gasteiger partial charge in [0, 0.05) is 5.56 Å². The van der Waals surface area contributed by atoms with Gasteiger partial charge in [-0.2, -0.15) is 0 Å². The fourth-order valence-corrected chi connectivity index (χ4v) is 3.01. The summed E-state index contributed by atoms with van der Waals surface area (Å²) in [6.45, 7) is 2.19. The molecule has 0 N–H and O–H groups in total. The summed E-state index contributed by atoms with van der Waals surface area (Å²) in [5, 5.41) is 0. The van der Waals surface area contributed by atoms with Crippen molar-refractivity contribution in [1.29, 1.82) is 0 Å². The maximum absolute atomic E-state index is 5.59. The lowest BCUT2D eigenvalue weighted by molar-refractivity contribution is 0.391. The summed E-state index contributed by atoms with van der Waals surface area (Å²) in [6.07, 6.45) is 7.42. The number of aryl methyl sites for hydroxylation is 1. The number of benzene rings is 1. The Labute approximate surface area is 110 Å². The molecule has 0 radical (unpaired) electrons. The van der Waals surface area contributed by atoms with Gasteiger partial charge in [0.05, 0.1) is 14.2 Å². The van der Waals surface area contributed by atoms with Gasteiger partial charge in [0.25, 0.3) is 0 Å². The van der Waals surface area contributed by atoms with E-state index in [4.69, 9.17) is 9.47 Å². The summed E-state index contributed by atoms with van der Waals surface area (Å²) in [5.74, 6) is 2.73. The van der Waals surface area contributed by atoms with Gasteiger partial charge >= 0.3 is 0 Å². The standard InChI is InChI=1S/C16H24O2/c1-4-7-13-10-16(18-3)14(11-15(13)17-2)12-8-5-6-9-12/h10-12H,4-9H2,1-3H3. The Hall–Kier alpha value is -1.18. The first-order valence-corrected chi connectivity index (χ1v) is 7.05. The summed E-state index contributed by atoms with van der Waals surface area (Å²) in [4.78, 5) is 0. The minimum atomic E-state index is 0.657. The molecule has 0 spiro atoms. The fourth-order valence-electron chi connectivity index (χ4n) is 3.01. The zero-order valence-corrected chi connectivity index (χ0v) is 11.8. The van der Waals surface area contributed by atoms with Gasteiger partial charge in [0.15, 0.2) is 0 Å². The number of hydrogen-bond donors (Lipinski definition) is 0. The zero-order chi connectivity index (χ0) is 13.0. The lowest BCUT2D eigenvalue weighted by Crippen LogP contribution is -2.01. The van der Waals surface area contributed by atoms with Gasteiger partial charge in [-0.1, -0.05) is 26.2 Å². The first-order valence-electron chi connectivity index (χ1n) is 7.05. The van der Waals surface area contributed by atoms with E-state index in [0.29, 0.717) is 5.92 Å². The highest BCUT2D eigenvalue weighted by Gasteiger charge is 2.22. The van der Waals surface area contributed by atoms with E-state index in [1.807, 2.05) is 0 Å². The third kappa shape index (κ3) is 2.63. The summed E-state index contributed by atoms with van der Waals surface area (Å²) in [6, 6.07) is 4.38. The van der Waals surface area contributed by atoms with Crippen molar-refractivity contribution in [3.63, 3.8) is 0 Å². The molecule has 0 bridgehead atoms. The molecule has 100 valence electrons. The smallest absolute Gasteiger partial charge is 0.122 e. The van der Waals surface area contributed by atoms with Crippen molar-refractivity contribution in [2.45, 2.75) is 51.4 Å². The molecule has 1 aromatic rings. The van der Waals surface area contributed by atoms with Gasteiger partial charge in [0.1, 0.15) is 11.5 Å². The molecule has 2 heteroatoms. The quantitative estimate of drug-likeness (QED) is 0.773. The van der Waals surface area contributed by atoms with Crippen molar-refractivity contribution in [1.82, 2.24) is 0 Å². The second-order valence-corrected chi connectivity index (χ2v) is 5.14. The third-order valence-corrected chi connectivity index (χ3v) is 3.95. The lowest BCUT2D eigenvalue weighted by atomic mass is 9.94. The average molecular weight is 248 g/mol. The van der Waals surface area contributed by atoms with Crippen LogP contribution in [-0.4, -0.2) is 14.2 Å². The van der Waals surface area contributed by atoms with E-state index in [0.717, 1.165) is 24.3 Å². The Balaban J connectivity index is 2.38. The van der Waals surface area contributed by atoms with Crippen molar-refractivity contribution in [2.75, 3.05) is 14.2 Å². The van der Waals surface area contributed by atoms with Crippen LogP contribution in [0.3, 0.4) is 0 Å². The topological polar surface area (TPSA) is 18.5 Å². The van der Waals surface area contributed by atoms with Crippen molar-refractivity contribution in [3.8, 4) is 11.5 Å². The maximum atomic E-state index is 5.59. The molecular formula is C16H24O2. The van der Waals surface area contributed by atoms with Gasteiger partial charge in [-0.25, -0.2) is 0 Å². The van der Waals surface area contributed by atoms with Gasteiger partial charge in [-0.15, -0.1) is 0 Å². The Morgan fingerprint density at radius 2 is 1.72 bits per heavy atom. The molecule has 0 saturated heterocycles. The van der Waals surface area contributed by atoms with Crippen molar-refractivity contribution in [3.05, 3.63) is 23.3 Å². The highest BCUT2D eigenvalue weighted by atomic mass is 16.5. The van der Waals surface area contributed by atoms with Gasteiger partial charge < -0.3 is 9.47 Å². The molecule has 0 aliphatic heterocycles. The largest absolute Gasteiger partial charge is 0.496 e. The monoisotopic (exact) mass is 248 g/mol. The summed E-state index contributed by atoms with van der Waals surface area (Å²) in [5.41, 5.74) is 2.60. The Morgan fingerprint density at radius 3 is 2.28 bits per heavy atom. The normalized spacial score (nSPS) is 15.9. The van der Waals surface area contributed by atoms with E-state index >= 15 is 0 Å². The van der Waals surface area contributed by atoms with Crippen LogP contribution < -0.4 is 9.47 Å². The van der Waals surface area contributed by atoms with E-state index in [9.17, 15) is 0 Å². The van der Waals surface area contributed by atoms with E-state index in [1.165, 1.54) is 36.8 Å². The van der Waals surface area contributed by atoms with Crippen molar-refractivity contribution < 1.29 is 9.47 Å². The molecule has 1 aliphatic rings. The van der Waals surface area contributed by atoms with Crippen molar-refractivity contribution in [2.24, 2.45) is 0 Å². The van der Waals surface area contributed by atoms with Crippen LogP contribution in [0, 0.1) is 0 Å². The molecule has 0 amide bonds. The molecule has 1 aromatic carbocycles. The number of ether oxygens (including phenoxy) is 2. The predicted octanol–water partition coefficient (Wildman–Crippen LogP) is 4.31. The van der Waals surface area contributed by atoms with Crippen molar-refractivity contribution >= 4 is 0 Å². The number of methoxy groups -OCH3 is 2. The molecule has 18 heavy (non-hydrogen) atoms. The second-order valence-electron chi connectivity index (χ2n) is 5.14. The highest BCUT2D eigenvalue weighted by Crippen LogP contribution is 2.41. The van der Waals surface area contributed by atoms with Crippen LogP contribution in [0.5, 0.6) is 11.5 Å². The first kappa shape index (κ1) is 13.3. The van der Waals surface area contributed by atoms with Crippen LogP contribution in [0.2, 0.25) is 0 Å². The van der Waals surface area contributed by atoms with E-state index in [-0.39, 0.29) is 0 Å². The van der Waals surface area contributed by atoms with Crippen LogP contribution in [0.4, 0.5) is 0 Å². The second kappa shape index (κ2) is 6.12.